The SMILES string of the molecule is CCC(=O)Cc1ccncc1C(F)(F)F. The third kappa shape index (κ3) is 3.04. The maximum absolute atomic E-state index is 12.5. The standard InChI is InChI=1S/C10H10F3NO/c1-2-8(15)5-7-3-4-14-6-9(7)10(11,12)13/h3-4,6H,2,5H2,1H3. The minimum atomic E-state index is -4.45. The summed E-state index contributed by atoms with van der Waals surface area (Å²) in [6, 6.07) is 1.23. The molecule has 0 aromatic carbocycles. The Balaban J connectivity index is 3.02. The van der Waals surface area contributed by atoms with Gasteiger partial charge in [0.2, 0.25) is 0 Å². The molecule has 0 atom stereocenters. The molecule has 0 aliphatic carbocycles. The summed E-state index contributed by atoms with van der Waals surface area (Å²) in [6.07, 6.45) is -2.39. The minimum absolute atomic E-state index is 0.00986. The number of ketones is 1. The molecular weight excluding hydrogens is 207 g/mol. The number of hydrogen-bond acceptors (Lipinski definition) is 2. The van der Waals surface area contributed by atoms with Crippen LogP contribution in [0.25, 0.3) is 0 Å². The van der Waals surface area contributed by atoms with Crippen LogP contribution in [0.2, 0.25) is 0 Å². The lowest BCUT2D eigenvalue weighted by molar-refractivity contribution is -0.138. The Labute approximate surface area is 85.1 Å². The number of alkyl halides is 3. The number of halogens is 3. The van der Waals surface area contributed by atoms with Gasteiger partial charge in [-0.2, -0.15) is 13.2 Å². The summed E-state index contributed by atoms with van der Waals surface area (Å²) in [7, 11) is 0. The maximum atomic E-state index is 12.5. The van der Waals surface area contributed by atoms with Crippen LogP contribution >= 0.6 is 0 Å². The van der Waals surface area contributed by atoms with E-state index in [2.05, 4.69) is 4.98 Å². The number of nitrogens with zero attached hydrogens (tertiary/aromatic N) is 1. The number of carbonyl (C=O) groups excluding carboxylic acids is 1. The number of aromatic nitrogens is 1. The van der Waals surface area contributed by atoms with E-state index in [4.69, 9.17) is 0 Å². The molecule has 15 heavy (non-hydrogen) atoms. The molecule has 0 fully saturated rings. The molecule has 0 bridgehead atoms. The van der Waals surface area contributed by atoms with E-state index in [9.17, 15) is 18.0 Å². The topological polar surface area (TPSA) is 30.0 Å². The average molecular weight is 217 g/mol. The Morgan fingerprint density at radius 3 is 2.67 bits per heavy atom. The van der Waals surface area contributed by atoms with Crippen molar-refractivity contribution in [1.82, 2.24) is 4.98 Å². The largest absolute Gasteiger partial charge is 0.418 e. The minimum Gasteiger partial charge on any atom is -0.299 e. The summed E-state index contributed by atoms with van der Waals surface area (Å²) in [6.45, 7) is 1.62. The van der Waals surface area contributed by atoms with Gasteiger partial charge in [-0.15, -0.1) is 0 Å². The van der Waals surface area contributed by atoms with E-state index < -0.39 is 11.7 Å². The summed E-state index contributed by atoms with van der Waals surface area (Å²) in [5, 5.41) is 0. The molecule has 0 spiro atoms. The lowest BCUT2D eigenvalue weighted by atomic mass is 10.0. The van der Waals surface area contributed by atoms with Gasteiger partial charge in [-0.25, -0.2) is 0 Å². The molecule has 0 N–H and O–H groups in total. The van der Waals surface area contributed by atoms with Crippen molar-refractivity contribution in [3.8, 4) is 0 Å². The Kier molecular flexibility index (Phi) is 3.44. The highest BCUT2D eigenvalue weighted by Gasteiger charge is 2.33. The van der Waals surface area contributed by atoms with Crippen LogP contribution in [-0.2, 0) is 17.4 Å². The molecule has 1 aromatic rings. The number of carbonyl (C=O) groups is 1. The van der Waals surface area contributed by atoms with E-state index in [-0.39, 0.29) is 24.2 Å². The Bertz CT molecular complexity index is 360. The molecule has 0 radical (unpaired) electrons. The van der Waals surface area contributed by atoms with E-state index >= 15 is 0 Å². The first kappa shape index (κ1) is 11.7. The van der Waals surface area contributed by atoms with Crippen molar-refractivity contribution in [1.29, 1.82) is 0 Å². The summed E-state index contributed by atoms with van der Waals surface area (Å²) in [4.78, 5) is 14.5. The van der Waals surface area contributed by atoms with E-state index in [0.717, 1.165) is 6.20 Å². The van der Waals surface area contributed by atoms with Crippen LogP contribution in [0.15, 0.2) is 18.5 Å². The number of pyridine rings is 1. The second kappa shape index (κ2) is 4.42. The lowest BCUT2D eigenvalue weighted by Gasteiger charge is -2.10. The van der Waals surface area contributed by atoms with Crippen LogP contribution in [0.3, 0.4) is 0 Å². The van der Waals surface area contributed by atoms with Gasteiger partial charge < -0.3 is 0 Å². The third-order valence-electron chi connectivity index (χ3n) is 2.00. The molecule has 82 valence electrons. The fourth-order valence-electron chi connectivity index (χ4n) is 1.17. The summed E-state index contributed by atoms with van der Waals surface area (Å²) < 4.78 is 37.4. The molecule has 0 unspecified atom stereocenters. The van der Waals surface area contributed by atoms with Gasteiger partial charge in [0.25, 0.3) is 0 Å². The van der Waals surface area contributed by atoms with Crippen LogP contribution in [0.1, 0.15) is 24.5 Å². The number of rotatable bonds is 3. The van der Waals surface area contributed by atoms with Gasteiger partial charge in [0.15, 0.2) is 0 Å². The van der Waals surface area contributed by atoms with Crippen LogP contribution in [0.5, 0.6) is 0 Å². The average Bonchev–Trinajstić information content (AvgIpc) is 2.17. The lowest BCUT2D eigenvalue weighted by Crippen LogP contribution is -2.12. The highest BCUT2D eigenvalue weighted by molar-refractivity contribution is 5.80. The first-order chi connectivity index (χ1) is 6.95. The summed E-state index contributed by atoms with van der Waals surface area (Å²) >= 11 is 0. The fourth-order valence-corrected chi connectivity index (χ4v) is 1.17. The molecule has 2 nitrogen and oxygen atoms in total. The molecule has 1 rings (SSSR count). The van der Waals surface area contributed by atoms with Crippen LogP contribution in [0, 0.1) is 0 Å². The van der Waals surface area contributed by atoms with Crippen molar-refractivity contribution in [2.45, 2.75) is 25.9 Å². The Morgan fingerprint density at radius 2 is 2.13 bits per heavy atom. The van der Waals surface area contributed by atoms with Crippen molar-refractivity contribution in [2.24, 2.45) is 0 Å². The highest BCUT2D eigenvalue weighted by atomic mass is 19.4. The maximum Gasteiger partial charge on any atom is 0.418 e. The van der Waals surface area contributed by atoms with Crippen molar-refractivity contribution in [3.63, 3.8) is 0 Å². The van der Waals surface area contributed by atoms with Gasteiger partial charge in [0.1, 0.15) is 5.78 Å². The van der Waals surface area contributed by atoms with Crippen molar-refractivity contribution in [2.75, 3.05) is 0 Å². The molecule has 0 aliphatic heterocycles. The van der Waals surface area contributed by atoms with Gasteiger partial charge in [-0.3, -0.25) is 9.78 Å². The van der Waals surface area contributed by atoms with Crippen molar-refractivity contribution >= 4 is 5.78 Å². The normalized spacial score (nSPS) is 11.5. The molecular formula is C10H10F3NO. The molecule has 0 aliphatic rings. The van der Waals surface area contributed by atoms with Crippen LogP contribution in [-0.4, -0.2) is 10.8 Å². The summed E-state index contributed by atoms with van der Waals surface area (Å²) in [5.74, 6) is -0.216. The number of hydrogen-bond donors (Lipinski definition) is 0. The van der Waals surface area contributed by atoms with Gasteiger partial charge >= 0.3 is 6.18 Å². The highest BCUT2D eigenvalue weighted by Crippen LogP contribution is 2.31. The zero-order valence-corrected chi connectivity index (χ0v) is 8.14. The van der Waals surface area contributed by atoms with Gasteiger partial charge in [0, 0.05) is 25.2 Å². The van der Waals surface area contributed by atoms with Crippen LogP contribution in [0.4, 0.5) is 13.2 Å². The number of Topliss-reactive ketones (excluding diaryl/α,β-unsaturated/α-hetero) is 1. The third-order valence-corrected chi connectivity index (χ3v) is 2.00. The van der Waals surface area contributed by atoms with E-state index in [0.29, 0.717) is 0 Å². The fraction of sp³-hybridized carbons (Fsp3) is 0.400. The Hall–Kier alpha value is -1.39. The smallest absolute Gasteiger partial charge is 0.299 e. The summed E-state index contributed by atoms with van der Waals surface area (Å²) in [5.41, 5.74) is -0.837. The molecule has 0 saturated heterocycles. The second-order valence-corrected chi connectivity index (χ2v) is 3.10. The van der Waals surface area contributed by atoms with Crippen molar-refractivity contribution < 1.29 is 18.0 Å². The van der Waals surface area contributed by atoms with Crippen molar-refractivity contribution in [3.05, 3.63) is 29.6 Å². The van der Waals surface area contributed by atoms with E-state index in [1.165, 1.54) is 12.3 Å². The van der Waals surface area contributed by atoms with Gasteiger partial charge in [-0.05, 0) is 11.6 Å². The van der Waals surface area contributed by atoms with Gasteiger partial charge in [-0.1, -0.05) is 6.92 Å². The second-order valence-electron chi connectivity index (χ2n) is 3.10. The zero-order chi connectivity index (χ0) is 11.5. The van der Waals surface area contributed by atoms with Gasteiger partial charge in [0.05, 0.1) is 5.56 Å². The monoisotopic (exact) mass is 217 g/mol. The zero-order valence-electron chi connectivity index (χ0n) is 8.14. The molecule has 0 saturated carbocycles. The molecule has 1 aromatic heterocycles. The van der Waals surface area contributed by atoms with E-state index in [1.54, 1.807) is 6.92 Å². The Morgan fingerprint density at radius 1 is 1.47 bits per heavy atom. The quantitative estimate of drug-likeness (QED) is 0.778. The molecule has 5 heteroatoms. The predicted molar refractivity (Wildman–Crippen MR) is 48.2 cm³/mol. The van der Waals surface area contributed by atoms with E-state index in [1.807, 2.05) is 0 Å². The molecule has 1 heterocycles. The predicted octanol–water partition coefficient (Wildman–Crippen LogP) is 2.62. The van der Waals surface area contributed by atoms with Crippen LogP contribution < -0.4 is 0 Å². The first-order valence-electron chi connectivity index (χ1n) is 4.47. The molecule has 0 amide bonds. The first-order valence-corrected chi connectivity index (χ1v) is 4.47.